The fourth-order valence-corrected chi connectivity index (χ4v) is 3.66. The SMILES string of the molecule is COC(=O)[C@]1([C@@H](COCc2ccccc2)O[Si](C)(C)C(C)(C)C)CO1. The molecular weight excluding hydrogens is 336 g/mol. The van der Waals surface area contributed by atoms with Crippen LogP contribution in [0.1, 0.15) is 26.3 Å². The molecule has 1 saturated heterocycles. The van der Waals surface area contributed by atoms with E-state index >= 15 is 0 Å². The molecule has 1 aliphatic rings. The lowest BCUT2D eigenvalue weighted by Gasteiger charge is -2.40. The molecule has 0 aliphatic carbocycles. The molecule has 1 aromatic rings. The van der Waals surface area contributed by atoms with Crippen LogP contribution in [0.25, 0.3) is 0 Å². The monoisotopic (exact) mass is 366 g/mol. The molecule has 0 spiro atoms. The summed E-state index contributed by atoms with van der Waals surface area (Å²) in [5.74, 6) is -0.389. The first kappa shape index (κ1) is 20.1. The number of methoxy groups -OCH3 is 1. The predicted molar refractivity (Wildman–Crippen MR) is 98.9 cm³/mol. The maximum Gasteiger partial charge on any atom is 0.343 e. The number of rotatable bonds is 8. The van der Waals surface area contributed by atoms with Crippen molar-refractivity contribution in [2.75, 3.05) is 20.3 Å². The van der Waals surface area contributed by atoms with E-state index < -0.39 is 20.0 Å². The van der Waals surface area contributed by atoms with Gasteiger partial charge in [-0.05, 0) is 23.7 Å². The molecule has 1 aliphatic heterocycles. The van der Waals surface area contributed by atoms with Crippen LogP contribution in [-0.2, 0) is 30.0 Å². The molecular formula is C19H30O5Si. The number of epoxide rings is 1. The van der Waals surface area contributed by atoms with Gasteiger partial charge in [0.25, 0.3) is 0 Å². The van der Waals surface area contributed by atoms with Crippen molar-refractivity contribution >= 4 is 14.3 Å². The van der Waals surface area contributed by atoms with Crippen LogP contribution in [0.2, 0.25) is 18.1 Å². The second-order valence-electron chi connectivity index (χ2n) is 8.04. The third kappa shape index (κ3) is 4.70. The van der Waals surface area contributed by atoms with Crippen molar-refractivity contribution in [3.63, 3.8) is 0 Å². The molecule has 2 atom stereocenters. The molecule has 0 N–H and O–H groups in total. The Labute approximate surface area is 151 Å². The van der Waals surface area contributed by atoms with Gasteiger partial charge < -0.3 is 18.6 Å². The normalized spacial score (nSPS) is 21.7. The quantitative estimate of drug-likeness (QED) is 0.400. The maximum atomic E-state index is 12.2. The third-order valence-corrected chi connectivity index (χ3v) is 9.62. The van der Waals surface area contributed by atoms with Crippen LogP contribution in [0.5, 0.6) is 0 Å². The van der Waals surface area contributed by atoms with Gasteiger partial charge in [-0.15, -0.1) is 0 Å². The molecule has 0 amide bonds. The topological polar surface area (TPSA) is 57.3 Å². The minimum Gasteiger partial charge on any atom is -0.467 e. The summed E-state index contributed by atoms with van der Waals surface area (Å²) in [7, 11) is -0.718. The smallest absolute Gasteiger partial charge is 0.343 e. The molecule has 2 rings (SSSR count). The van der Waals surface area contributed by atoms with Crippen molar-refractivity contribution in [1.29, 1.82) is 0 Å². The summed E-state index contributed by atoms with van der Waals surface area (Å²) < 4.78 is 22.8. The van der Waals surface area contributed by atoms with Gasteiger partial charge in [0, 0.05) is 0 Å². The molecule has 0 bridgehead atoms. The van der Waals surface area contributed by atoms with Gasteiger partial charge in [-0.2, -0.15) is 0 Å². The van der Waals surface area contributed by atoms with Crippen molar-refractivity contribution in [1.82, 2.24) is 0 Å². The van der Waals surface area contributed by atoms with Crippen LogP contribution in [0.15, 0.2) is 30.3 Å². The van der Waals surface area contributed by atoms with Crippen LogP contribution in [-0.4, -0.2) is 46.3 Å². The standard InChI is InChI=1S/C19H30O5Si/c1-18(2,3)25(5,6)24-16(19(14-23-19)17(20)21-4)13-22-12-15-10-8-7-9-11-15/h7-11,16H,12-14H2,1-6H3/t16-,19-/m1/s1. The maximum absolute atomic E-state index is 12.2. The third-order valence-electron chi connectivity index (χ3n) is 5.13. The largest absolute Gasteiger partial charge is 0.467 e. The number of hydrogen-bond donors (Lipinski definition) is 0. The van der Waals surface area contributed by atoms with Crippen LogP contribution in [0.4, 0.5) is 0 Å². The number of carbonyl (C=O) groups excluding carboxylic acids is 1. The minimum absolute atomic E-state index is 0.0247. The zero-order valence-electron chi connectivity index (χ0n) is 16.1. The molecule has 0 radical (unpaired) electrons. The Hall–Kier alpha value is -1.21. The van der Waals surface area contributed by atoms with Crippen molar-refractivity contribution < 1.29 is 23.4 Å². The Morgan fingerprint density at radius 3 is 2.36 bits per heavy atom. The molecule has 0 saturated carbocycles. The lowest BCUT2D eigenvalue weighted by atomic mass is 10.1. The van der Waals surface area contributed by atoms with Crippen LogP contribution < -0.4 is 0 Å². The van der Waals surface area contributed by atoms with Gasteiger partial charge in [0.1, 0.15) is 6.10 Å². The number of ether oxygens (including phenoxy) is 3. The van der Waals surface area contributed by atoms with Crippen LogP contribution >= 0.6 is 0 Å². The number of benzene rings is 1. The zero-order chi connectivity index (χ0) is 18.7. The summed E-state index contributed by atoms with van der Waals surface area (Å²) in [5, 5.41) is 0.0247. The highest BCUT2D eigenvalue weighted by Gasteiger charge is 2.62. The molecule has 1 aromatic carbocycles. The lowest BCUT2D eigenvalue weighted by Crippen LogP contribution is -2.52. The van der Waals surface area contributed by atoms with Crippen molar-refractivity contribution in [2.24, 2.45) is 0 Å². The Kier molecular flexibility index (Phi) is 6.09. The van der Waals surface area contributed by atoms with Gasteiger partial charge >= 0.3 is 5.97 Å². The fourth-order valence-electron chi connectivity index (χ4n) is 2.34. The minimum atomic E-state index is -2.09. The molecule has 1 heterocycles. The van der Waals surface area contributed by atoms with E-state index in [2.05, 4.69) is 33.9 Å². The molecule has 6 heteroatoms. The van der Waals surface area contributed by atoms with Gasteiger partial charge in [-0.3, -0.25) is 0 Å². The Bertz CT molecular complexity index is 575. The van der Waals surface area contributed by atoms with Gasteiger partial charge in [0.05, 0.1) is 26.9 Å². The van der Waals surface area contributed by atoms with Crippen LogP contribution in [0.3, 0.4) is 0 Å². The van der Waals surface area contributed by atoms with Crippen LogP contribution in [0, 0.1) is 0 Å². The van der Waals surface area contributed by atoms with Crippen molar-refractivity contribution in [3.8, 4) is 0 Å². The van der Waals surface area contributed by atoms with Crippen molar-refractivity contribution in [2.45, 2.75) is 57.2 Å². The first-order valence-corrected chi connectivity index (χ1v) is 11.5. The van der Waals surface area contributed by atoms with E-state index in [-0.39, 0.29) is 17.6 Å². The fraction of sp³-hybridized carbons (Fsp3) is 0.632. The first-order chi connectivity index (χ1) is 11.6. The summed E-state index contributed by atoms with van der Waals surface area (Å²) in [6, 6.07) is 9.93. The van der Waals surface area contributed by atoms with Crippen molar-refractivity contribution in [3.05, 3.63) is 35.9 Å². The molecule has 1 fully saturated rings. The average molecular weight is 367 g/mol. The Morgan fingerprint density at radius 2 is 1.88 bits per heavy atom. The van der Waals surface area contributed by atoms with E-state index in [1.807, 2.05) is 30.3 Å². The molecule has 5 nitrogen and oxygen atoms in total. The van der Waals surface area contributed by atoms with Gasteiger partial charge in [0.2, 0.25) is 5.60 Å². The van der Waals surface area contributed by atoms with E-state index in [4.69, 9.17) is 18.6 Å². The summed E-state index contributed by atoms with van der Waals surface area (Å²) in [6.45, 7) is 11.9. The van der Waals surface area contributed by atoms with Gasteiger partial charge in [-0.25, -0.2) is 4.79 Å². The Balaban J connectivity index is 2.09. The Morgan fingerprint density at radius 1 is 1.28 bits per heavy atom. The predicted octanol–water partition coefficient (Wildman–Crippen LogP) is 3.54. The molecule has 25 heavy (non-hydrogen) atoms. The highest BCUT2D eigenvalue weighted by molar-refractivity contribution is 6.74. The second kappa shape index (κ2) is 7.58. The summed E-state index contributed by atoms with van der Waals surface area (Å²) in [4.78, 5) is 12.2. The van der Waals surface area contributed by atoms with Gasteiger partial charge in [0.15, 0.2) is 8.32 Å². The van der Waals surface area contributed by atoms with E-state index in [0.717, 1.165) is 5.56 Å². The van der Waals surface area contributed by atoms with Gasteiger partial charge in [-0.1, -0.05) is 51.1 Å². The highest BCUT2D eigenvalue weighted by Crippen LogP contribution is 2.42. The van der Waals surface area contributed by atoms with E-state index in [1.54, 1.807) is 0 Å². The second-order valence-corrected chi connectivity index (χ2v) is 12.8. The van der Waals surface area contributed by atoms with E-state index in [9.17, 15) is 4.79 Å². The summed E-state index contributed by atoms with van der Waals surface area (Å²) in [5.41, 5.74) is 0.0541. The number of esters is 1. The number of carbonyl (C=O) groups is 1. The highest BCUT2D eigenvalue weighted by atomic mass is 28.4. The summed E-state index contributed by atoms with van der Waals surface area (Å²) >= 11 is 0. The lowest BCUT2D eigenvalue weighted by molar-refractivity contribution is -0.153. The average Bonchev–Trinajstić information content (AvgIpc) is 3.35. The molecule has 0 unspecified atom stereocenters. The molecule has 0 aromatic heterocycles. The first-order valence-electron chi connectivity index (χ1n) is 8.64. The van der Waals surface area contributed by atoms with E-state index in [1.165, 1.54) is 7.11 Å². The zero-order valence-corrected chi connectivity index (χ0v) is 17.1. The molecule has 140 valence electrons. The number of hydrogen-bond acceptors (Lipinski definition) is 5. The summed E-state index contributed by atoms with van der Waals surface area (Å²) in [6.07, 6.45) is -0.468. The van der Waals surface area contributed by atoms with E-state index in [0.29, 0.717) is 13.2 Å².